The Bertz CT molecular complexity index is 999. The number of nitrogens with one attached hydrogen (secondary N) is 1. The summed E-state index contributed by atoms with van der Waals surface area (Å²) in [6.07, 6.45) is 0. The molecule has 0 saturated heterocycles. The molecule has 8 heteroatoms. The summed E-state index contributed by atoms with van der Waals surface area (Å²) in [5.74, 6) is -0.433. The largest absolute Gasteiger partial charge is 0.491 e. The van der Waals surface area contributed by atoms with Crippen LogP contribution in [-0.4, -0.2) is 25.4 Å². The van der Waals surface area contributed by atoms with Gasteiger partial charge in [0.15, 0.2) is 5.82 Å². The number of fused-ring (bicyclic) bond motifs is 1. The molecule has 24 heavy (non-hydrogen) atoms. The van der Waals surface area contributed by atoms with Crippen LogP contribution in [0, 0.1) is 5.82 Å². The van der Waals surface area contributed by atoms with E-state index in [1.54, 1.807) is 12.1 Å². The highest BCUT2D eigenvalue weighted by Gasteiger charge is 2.11. The highest BCUT2D eigenvalue weighted by molar-refractivity contribution is 5.72. The molecule has 0 aliphatic carbocycles. The Hall–Kier alpha value is -3.55. The molecule has 7 nitrogen and oxygen atoms in total. The molecule has 0 saturated carbocycles. The molecule has 4 rings (SSSR count). The van der Waals surface area contributed by atoms with E-state index in [-0.39, 0.29) is 28.8 Å². The minimum atomic E-state index is -0.305. The number of aromatic hydroxyl groups is 1. The lowest BCUT2D eigenvalue weighted by Crippen LogP contribution is -1.96. The first kappa shape index (κ1) is 14.1. The number of hydrogen-bond donors (Lipinski definition) is 2. The van der Waals surface area contributed by atoms with Gasteiger partial charge in [0.1, 0.15) is 5.82 Å². The number of halogens is 1. The van der Waals surface area contributed by atoms with Gasteiger partial charge in [-0.2, -0.15) is 9.97 Å². The minimum Gasteiger partial charge on any atom is -0.491 e. The molecule has 0 unspecified atom stereocenters. The van der Waals surface area contributed by atoms with Crippen molar-refractivity contribution in [3.63, 3.8) is 0 Å². The third-order valence-electron chi connectivity index (χ3n) is 3.42. The zero-order chi connectivity index (χ0) is 16.5. The average molecular weight is 323 g/mol. The van der Waals surface area contributed by atoms with E-state index in [1.807, 2.05) is 24.3 Å². The Morgan fingerprint density at radius 1 is 0.833 bits per heavy atom. The molecule has 0 spiro atoms. The Morgan fingerprint density at radius 3 is 2.08 bits per heavy atom. The Morgan fingerprint density at radius 2 is 1.42 bits per heavy atom. The summed E-state index contributed by atoms with van der Waals surface area (Å²) in [6.45, 7) is 0. The summed E-state index contributed by atoms with van der Waals surface area (Å²) in [4.78, 5) is 7.92. The standard InChI is InChI=1S/C16H10FN5O2/c17-11-5-1-9(2-6-11)10-3-7-12(8-4-10)18-15-16(23)20-14-13(19-15)21-24-22-14/h1-8H,(H,18,19,21)(H,20,22,23). The van der Waals surface area contributed by atoms with Crippen molar-refractivity contribution in [3.8, 4) is 17.0 Å². The van der Waals surface area contributed by atoms with Crippen LogP contribution in [0.2, 0.25) is 0 Å². The van der Waals surface area contributed by atoms with E-state index >= 15 is 0 Å². The molecule has 2 aromatic heterocycles. The topological polar surface area (TPSA) is 97.0 Å². The van der Waals surface area contributed by atoms with E-state index < -0.39 is 0 Å². The second-order valence-corrected chi connectivity index (χ2v) is 5.02. The predicted octanol–water partition coefficient (Wildman–Crippen LogP) is 3.27. The molecule has 0 fully saturated rings. The van der Waals surface area contributed by atoms with Gasteiger partial charge in [0.2, 0.25) is 11.3 Å². The third kappa shape index (κ3) is 2.60. The normalized spacial score (nSPS) is 10.9. The number of rotatable bonds is 3. The predicted molar refractivity (Wildman–Crippen MR) is 84.2 cm³/mol. The fourth-order valence-corrected chi connectivity index (χ4v) is 2.24. The van der Waals surface area contributed by atoms with Crippen molar-refractivity contribution >= 4 is 22.8 Å². The molecule has 0 aliphatic heterocycles. The third-order valence-corrected chi connectivity index (χ3v) is 3.42. The van der Waals surface area contributed by atoms with Gasteiger partial charge in [-0.1, -0.05) is 24.3 Å². The highest BCUT2D eigenvalue weighted by Crippen LogP contribution is 2.26. The summed E-state index contributed by atoms with van der Waals surface area (Å²) >= 11 is 0. The fraction of sp³-hybridized carbons (Fsp3) is 0. The Balaban J connectivity index is 1.60. The minimum absolute atomic E-state index is 0.129. The van der Waals surface area contributed by atoms with Crippen LogP contribution < -0.4 is 5.32 Å². The van der Waals surface area contributed by atoms with E-state index in [1.165, 1.54) is 12.1 Å². The molecule has 0 aliphatic rings. The molecule has 2 N–H and O–H groups in total. The van der Waals surface area contributed by atoms with Crippen molar-refractivity contribution in [2.24, 2.45) is 0 Å². The molecule has 4 aromatic rings. The lowest BCUT2D eigenvalue weighted by atomic mass is 10.1. The van der Waals surface area contributed by atoms with Gasteiger partial charge in [0.05, 0.1) is 0 Å². The molecule has 0 bridgehead atoms. The number of benzene rings is 2. The van der Waals surface area contributed by atoms with Crippen molar-refractivity contribution in [1.82, 2.24) is 20.3 Å². The smallest absolute Gasteiger partial charge is 0.257 e. The molecule has 118 valence electrons. The van der Waals surface area contributed by atoms with Crippen molar-refractivity contribution in [1.29, 1.82) is 0 Å². The zero-order valence-corrected chi connectivity index (χ0v) is 12.1. The molecule has 0 amide bonds. The van der Waals surface area contributed by atoms with Crippen LogP contribution in [0.1, 0.15) is 0 Å². The van der Waals surface area contributed by atoms with Crippen molar-refractivity contribution in [2.45, 2.75) is 0 Å². The highest BCUT2D eigenvalue weighted by atomic mass is 19.1. The van der Waals surface area contributed by atoms with Gasteiger partial charge in [-0.05, 0) is 45.7 Å². The van der Waals surface area contributed by atoms with Crippen LogP contribution >= 0.6 is 0 Å². The Kier molecular flexibility index (Phi) is 3.27. The number of nitrogens with zero attached hydrogens (tertiary/aromatic N) is 4. The summed E-state index contributed by atoms with van der Waals surface area (Å²) < 4.78 is 17.5. The molecule has 2 aromatic carbocycles. The van der Waals surface area contributed by atoms with Gasteiger partial charge in [-0.25, -0.2) is 9.02 Å². The summed E-state index contributed by atoms with van der Waals surface area (Å²) in [6, 6.07) is 13.6. The summed E-state index contributed by atoms with van der Waals surface area (Å²) in [5.41, 5.74) is 2.86. The van der Waals surface area contributed by atoms with Gasteiger partial charge < -0.3 is 10.4 Å². The number of aromatic nitrogens is 4. The first-order chi connectivity index (χ1) is 11.7. The SMILES string of the molecule is Oc1nc2nonc2nc1Nc1ccc(-c2ccc(F)cc2)cc1. The van der Waals surface area contributed by atoms with E-state index in [2.05, 4.69) is 30.2 Å². The fourth-order valence-electron chi connectivity index (χ4n) is 2.24. The van der Waals surface area contributed by atoms with Crippen molar-refractivity contribution in [3.05, 3.63) is 54.3 Å². The van der Waals surface area contributed by atoms with E-state index in [0.717, 1.165) is 11.1 Å². The lowest BCUT2D eigenvalue weighted by Gasteiger charge is -2.07. The van der Waals surface area contributed by atoms with Gasteiger partial charge in [0.25, 0.3) is 5.88 Å². The molecule has 0 radical (unpaired) electrons. The summed E-state index contributed by atoms with van der Waals surface area (Å²) in [7, 11) is 0. The van der Waals surface area contributed by atoms with Gasteiger partial charge in [-0.3, -0.25) is 0 Å². The molecular weight excluding hydrogens is 313 g/mol. The van der Waals surface area contributed by atoms with Crippen LogP contribution in [0.3, 0.4) is 0 Å². The molecular formula is C16H10FN5O2. The van der Waals surface area contributed by atoms with Crippen LogP contribution in [0.5, 0.6) is 5.88 Å². The van der Waals surface area contributed by atoms with Crippen molar-refractivity contribution in [2.75, 3.05) is 5.32 Å². The van der Waals surface area contributed by atoms with Crippen LogP contribution in [0.15, 0.2) is 53.2 Å². The van der Waals surface area contributed by atoms with Gasteiger partial charge in [0, 0.05) is 5.69 Å². The van der Waals surface area contributed by atoms with Crippen LogP contribution in [-0.2, 0) is 0 Å². The second kappa shape index (κ2) is 5.58. The van der Waals surface area contributed by atoms with Gasteiger partial charge >= 0.3 is 0 Å². The maximum atomic E-state index is 13.0. The van der Waals surface area contributed by atoms with E-state index in [0.29, 0.717) is 5.69 Å². The van der Waals surface area contributed by atoms with E-state index in [9.17, 15) is 9.50 Å². The number of hydrogen-bond acceptors (Lipinski definition) is 7. The van der Waals surface area contributed by atoms with E-state index in [4.69, 9.17) is 0 Å². The second-order valence-electron chi connectivity index (χ2n) is 5.02. The van der Waals surface area contributed by atoms with Crippen LogP contribution in [0.25, 0.3) is 22.4 Å². The average Bonchev–Trinajstić information content (AvgIpc) is 3.04. The first-order valence-corrected chi connectivity index (χ1v) is 7.01. The summed E-state index contributed by atoms with van der Waals surface area (Å²) in [5, 5.41) is 19.9. The van der Waals surface area contributed by atoms with Crippen LogP contribution in [0.4, 0.5) is 15.9 Å². The maximum Gasteiger partial charge on any atom is 0.257 e. The van der Waals surface area contributed by atoms with Crippen molar-refractivity contribution < 1.29 is 14.1 Å². The molecule has 2 heterocycles. The quantitative estimate of drug-likeness (QED) is 0.597. The lowest BCUT2D eigenvalue weighted by molar-refractivity contribution is 0.314. The van der Waals surface area contributed by atoms with Gasteiger partial charge in [-0.15, -0.1) is 0 Å². The Labute approximate surface area is 134 Å². The molecule has 0 atom stereocenters. The first-order valence-electron chi connectivity index (χ1n) is 7.01. The number of anilines is 2. The maximum absolute atomic E-state index is 13.0. The zero-order valence-electron chi connectivity index (χ0n) is 12.1. The monoisotopic (exact) mass is 323 g/mol.